The third-order valence-electron chi connectivity index (χ3n) is 2.46. The summed E-state index contributed by atoms with van der Waals surface area (Å²) in [5.74, 6) is 0.481. The molecule has 0 aliphatic heterocycles. The number of hydrogen-bond acceptors (Lipinski definition) is 5. The van der Waals surface area contributed by atoms with Gasteiger partial charge in [0.05, 0.1) is 23.4 Å². The van der Waals surface area contributed by atoms with Gasteiger partial charge in [0.2, 0.25) is 0 Å². The molecular formula is C11H21N3O2S. The average molecular weight is 259 g/mol. The van der Waals surface area contributed by atoms with Crippen molar-refractivity contribution in [1.29, 1.82) is 0 Å². The van der Waals surface area contributed by atoms with Crippen LogP contribution in [0.1, 0.15) is 18.2 Å². The Balaban J connectivity index is 2.74. The Bertz CT molecular complexity index is 355. The van der Waals surface area contributed by atoms with Gasteiger partial charge in [-0.2, -0.15) is 5.10 Å². The zero-order chi connectivity index (χ0) is 12.8. The van der Waals surface area contributed by atoms with E-state index >= 15 is 0 Å². The normalized spacial score (nSPS) is 13.0. The molecule has 6 heteroatoms. The van der Waals surface area contributed by atoms with Crippen LogP contribution in [0.25, 0.3) is 0 Å². The Morgan fingerprint density at radius 2 is 2.24 bits per heavy atom. The summed E-state index contributed by atoms with van der Waals surface area (Å²) in [5.41, 5.74) is 2.18. The summed E-state index contributed by atoms with van der Waals surface area (Å²) in [7, 11) is 1.90. The standard InChI is InChI=1S/C11H21N3O2S/c1-4-12-5-10-8(2)13-14(3)11(10)17-7-9(16)6-15/h9,12,15-16H,4-7H2,1-3H3. The predicted octanol–water partition coefficient (Wildman–Crippen LogP) is 0.283. The summed E-state index contributed by atoms with van der Waals surface area (Å²) in [6.45, 7) is 5.55. The smallest absolute Gasteiger partial charge is 0.0985 e. The van der Waals surface area contributed by atoms with Crippen molar-refractivity contribution in [3.8, 4) is 0 Å². The maximum absolute atomic E-state index is 9.37. The highest BCUT2D eigenvalue weighted by Gasteiger charge is 2.14. The quantitative estimate of drug-likeness (QED) is 0.614. The second-order valence-corrected chi connectivity index (χ2v) is 4.93. The van der Waals surface area contributed by atoms with E-state index in [0.717, 1.165) is 23.8 Å². The van der Waals surface area contributed by atoms with E-state index in [9.17, 15) is 5.11 Å². The Morgan fingerprint density at radius 1 is 1.53 bits per heavy atom. The van der Waals surface area contributed by atoms with Gasteiger partial charge < -0.3 is 15.5 Å². The minimum Gasteiger partial charge on any atom is -0.394 e. The Morgan fingerprint density at radius 3 is 2.82 bits per heavy atom. The van der Waals surface area contributed by atoms with Crippen LogP contribution in [0.5, 0.6) is 0 Å². The van der Waals surface area contributed by atoms with Crippen LogP contribution in [0.2, 0.25) is 0 Å². The first-order chi connectivity index (χ1) is 8.10. The fraction of sp³-hybridized carbons (Fsp3) is 0.727. The summed E-state index contributed by atoms with van der Waals surface area (Å²) in [6, 6.07) is 0. The van der Waals surface area contributed by atoms with E-state index in [4.69, 9.17) is 5.11 Å². The maximum Gasteiger partial charge on any atom is 0.0985 e. The van der Waals surface area contributed by atoms with Crippen molar-refractivity contribution in [3.05, 3.63) is 11.3 Å². The van der Waals surface area contributed by atoms with E-state index in [-0.39, 0.29) is 6.61 Å². The molecule has 1 aromatic rings. The van der Waals surface area contributed by atoms with Gasteiger partial charge >= 0.3 is 0 Å². The number of aliphatic hydroxyl groups excluding tert-OH is 2. The summed E-state index contributed by atoms with van der Waals surface area (Å²) < 4.78 is 1.83. The monoisotopic (exact) mass is 259 g/mol. The lowest BCUT2D eigenvalue weighted by molar-refractivity contribution is 0.113. The number of aryl methyl sites for hydroxylation is 2. The van der Waals surface area contributed by atoms with E-state index in [2.05, 4.69) is 17.3 Å². The van der Waals surface area contributed by atoms with Gasteiger partial charge in [0, 0.05) is 24.9 Å². The zero-order valence-corrected chi connectivity index (χ0v) is 11.4. The van der Waals surface area contributed by atoms with Gasteiger partial charge in [0.1, 0.15) is 0 Å². The molecule has 1 rings (SSSR count). The molecule has 0 saturated heterocycles. The van der Waals surface area contributed by atoms with Crippen LogP contribution >= 0.6 is 11.8 Å². The molecule has 0 aromatic carbocycles. The SMILES string of the molecule is CCNCc1c(C)nn(C)c1SCC(O)CO. The van der Waals surface area contributed by atoms with Crippen LogP contribution in [0.3, 0.4) is 0 Å². The third kappa shape index (κ3) is 3.99. The molecule has 1 heterocycles. The topological polar surface area (TPSA) is 70.3 Å². The predicted molar refractivity (Wildman–Crippen MR) is 69.1 cm³/mol. The molecule has 0 radical (unpaired) electrons. The molecule has 0 aliphatic rings. The summed E-state index contributed by atoms with van der Waals surface area (Å²) >= 11 is 1.53. The number of nitrogens with one attached hydrogen (secondary N) is 1. The van der Waals surface area contributed by atoms with Crippen molar-refractivity contribution < 1.29 is 10.2 Å². The van der Waals surface area contributed by atoms with E-state index < -0.39 is 6.10 Å². The molecule has 0 bridgehead atoms. The first-order valence-electron chi connectivity index (χ1n) is 5.75. The number of nitrogens with zero attached hydrogens (tertiary/aromatic N) is 2. The van der Waals surface area contributed by atoms with E-state index in [0.29, 0.717) is 5.75 Å². The number of thioether (sulfide) groups is 1. The first kappa shape index (κ1) is 14.5. The minimum absolute atomic E-state index is 0.202. The number of aromatic nitrogens is 2. The number of hydrogen-bond donors (Lipinski definition) is 3. The Hall–Kier alpha value is -0.560. The minimum atomic E-state index is -0.679. The maximum atomic E-state index is 9.37. The highest BCUT2D eigenvalue weighted by molar-refractivity contribution is 7.99. The van der Waals surface area contributed by atoms with Crippen molar-refractivity contribution in [1.82, 2.24) is 15.1 Å². The van der Waals surface area contributed by atoms with Crippen LogP contribution in [0, 0.1) is 6.92 Å². The summed E-state index contributed by atoms with van der Waals surface area (Å²) in [6.07, 6.45) is -0.679. The molecule has 1 aromatic heterocycles. The average Bonchev–Trinajstić information content (AvgIpc) is 2.58. The Kier molecular flexibility index (Phi) is 5.97. The molecule has 0 aliphatic carbocycles. The molecule has 0 fully saturated rings. The molecule has 5 nitrogen and oxygen atoms in total. The summed E-state index contributed by atoms with van der Waals surface area (Å²) in [4.78, 5) is 0. The fourth-order valence-corrected chi connectivity index (χ4v) is 2.62. The van der Waals surface area contributed by atoms with Crippen LogP contribution < -0.4 is 5.32 Å². The van der Waals surface area contributed by atoms with E-state index in [1.165, 1.54) is 17.3 Å². The second kappa shape index (κ2) is 7.00. The number of aliphatic hydroxyl groups is 2. The van der Waals surface area contributed by atoms with Crippen LogP contribution in [-0.2, 0) is 13.6 Å². The largest absolute Gasteiger partial charge is 0.394 e. The molecular weight excluding hydrogens is 238 g/mol. The van der Waals surface area contributed by atoms with Crippen LogP contribution in [-0.4, -0.2) is 45.0 Å². The van der Waals surface area contributed by atoms with Gasteiger partial charge in [-0.1, -0.05) is 6.92 Å². The Labute approximate surface area is 106 Å². The van der Waals surface area contributed by atoms with Crippen LogP contribution in [0.15, 0.2) is 5.03 Å². The summed E-state index contributed by atoms with van der Waals surface area (Å²) in [5, 5.41) is 26.9. The molecule has 0 spiro atoms. The van der Waals surface area contributed by atoms with Crippen molar-refractivity contribution in [2.75, 3.05) is 18.9 Å². The van der Waals surface area contributed by atoms with Gasteiger partial charge in [-0.15, -0.1) is 11.8 Å². The molecule has 3 N–H and O–H groups in total. The van der Waals surface area contributed by atoms with Crippen molar-refractivity contribution in [2.24, 2.45) is 7.05 Å². The lowest BCUT2D eigenvalue weighted by Gasteiger charge is -2.09. The van der Waals surface area contributed by atoms with Gasteiger partial charge in [-0.25, -0.2) is 0 Å². The molecule has 17 heavy (non-hydrogen) atoms. The lowest BCUT2D eigenvalue weighted by atomic mass is 10.2. The fourth-order valence-electron chi connectivity index (χ4n) is 1.54. The molecule has 1 unspecified atom stereocenters. The second-order valence-electron chi connectivity index (χ2n) is 3.92. The lowest BCUT2D eigenvalue weighted by Crippen LogP contribution is -2.16. The van der Waals surface area contributed by atoms with Crippen molar-refractivity contribution >= 4 is 11.8 Å². The van der Waals surface area contributed by atoms with E-state index in [1.54, 1.807) is 0 Å². The van der Waals surface area contributed by atoms with Gasteiger partial charge in [0.15, 0.2) is 0 Å². The van der Waals surface area contributed by atoms with Gasteiger partial charge in [-0.3, -0.25) is 4.68 Å². The van der Waals surface area contributed by atoms with Crippen molar-refractivity contribution in [3.63, 3.8) is 0 Å². The van der Waals surface area contributed by atoms with E-state index in [1.807, 2.05) is 18.7 Å². The first-order valence-corrected chi connectivity index (χ1v) is 6.73. The molecule has 1 atom stereocenters. The van der Waals surface area contributed by atoms with Crippen molar-refractivity contribution in [2.45, 2.75) is 31.5 Å². The number of rotatable bonds is 7. The third-order valence-corrected chi connectivity index (χ3v) is 3.80. The molecule has 0 saturated carbocycles. The van der Waals surface area contributed by atoms with Crippen LogP contribution in [0.4, 0.5) is 0 Å². The molecule has 98 valence electrons. The zero-order valence-electron chi connectivity index (χ0n) is 10.6. The highest BCUT2D eigenvalue weighted by Crippen LogP contribution is 2.25. The van der Waals surface area contributed by atoms with Gasteiger partial charge in [0.25, 0.3) is 0 Å². The van der Waals surface area contributed by atoms with Gasteiger partial charge in [-0.05, 0) is 13.5 Å². The molecule has 0 amide bonds. The highest BCUT2D eigenvalue weighted by atomic mass is 32.2.